The third-order valence-electron chi connectivity index (χ3n) is 6.35. The van der Waals surface area contributed by atoms with Crippen LogP contribution in [-0.2, 0) is 16.4 Å². The number of sulfonamides is 1. The van der Waals surface area contributed by atoms with E-state index in [2.05, 4.69) is 17.1 Å². The van der Waals surface area contributed by atoms with E-state index in [1.807, 2.05) is 31.2 Å². The van der Waals surface area contributed by atoms with Gasteiger partial charge in [-0.1, -0.05) is 49.2 Å². The molecule has 0 N–H and O–H groups in total. The van der Waals surface area contributed by atoms with E-state index in [0.29, 0.717) is 30.3 Å². The molecule has 5 rings (SSSR count). The minimum Gasteiger partial charge on any atom is -0.451 e. The summed E-state index contributed by atoms with van der Waals surface area (Å²) in [6.45, 7) is 5.12. The molecule has 0 atom stereocenters. The molecule has 3 heterocycles. The minimum absolute atomic E-state index is 0.273. The van der Waals surface area contributed by atoms with Gasteiger partial charge in [-0.15, -0.1) is 0 Å². The van der Waals surface area contributed by atoms with Gasteiger partial charge in [0.05, 0.1) is 4.90 Å². The Bertz CT molecular complexity index is 1380. The van der Waals surface area contributed by atoms with Crippen LogP contribution in [0.2, 0.25) is 0 Å². The predicted octanol–water partition coefficient (Wildman–Crippen LogP) is 5.59. The monoisotopic (exact) mass is 465 g/mol. The molecular weight excluding hydrogens is 438 g/mol. The molecule has 1 aliphatic rings. The number of benzene rings is 2. The quantitative estimate of drug-likeness (QED) is 0.382. The Hall–Kier alpha value is -2.97. The molecule has 33 heavy (non-hydrogen) atoms. The highest BCUT2D eigenvalue weighted by atomic mass is 32.2. The fourth-order valence-electron chi connectivity index (χ4n) is 4.32. The van der Waals surface area contributed by atoms with Crippen LogP contribution in [0.25, 0.3) is 34.0 Å². The van der Waals surface area contributed by atoms with Crippen molar-refractivity contribution in [1.29, 1.82) is 0 Å². The predicted molar refractivity (Wildman–Crippen MR) is 126 cm³/mol. The van der Waals surface area contributed by atoms with E-state index in [-0.39, 0.29) is 10.8 Å². The summed E-state index contributed by atoms with van der Waals surface area (Å²) in [6.07, 6.45) is 4.91. The molecule has 0 aliphatic carbocycles. The molecule has 0 amide bonds. The molecule has 172 valence electrons. The van der Waals surface area contributed by atoms with Crippen molar-refractivity contribution in [3.05, 3.63) is 53.6 Å². The zero-order valence-electron chi connectivity index (χ0n) is 18.9. The van der Waals surface area contributed by atoms with Crippen molar-refractivity contribution in [3.8, 4) is 23.0 Å². The third kappa shape index (κ3) is 4.09. The maximum absolute atomic E-state index is 13.2. The van der Waals surface area contributed by atoms with Crippen molar-refractivity contribution in [2.24, 2.45) is 0 Å². The maximum Gasteiger partial charge on any atom is 0.294 e. The Morgan fingerprint density at radius 1 is 1.00 bits per heavy atom. The summed E-state index contributed by atoms with van der Waals surface area (Å²) in [4.78, 5) is 4.81. The highest BCUT2D eigenvalue weighted by Crippen LogP contribution is 2.35. The number of aryl methyl sites for hydroxylation is 2. The lowest BCUT2D eigenvalue weighted by molar-refractivity contribution is 0.419. The van der Waals surface area contributed by atoms with Gasteiger partial charge in [0.15, 0.2) is 5.76 Å². The van der Waals surface area contributed by atoms with Crippen molar-refractivity contribution in [1.82, 2.24) is 14.4 Å². The molecular formula is C25H27N3O4S. The molecule has 1 fully saturated rings. The van der Waals surface area contributed by atoms with Crippen molar-refractivity contribution in [2.75, 3.05) is 13.1 Å². The Kier molecular flexibility index (Phi) is 5.80. The van der Waals surface area contributed by atoms with E-state index in [0.717, 1.165) is 48.6 Å². The van der Waals surface area contributed by atoms with E-state index < -0.39 is 10.0 Å². The summed E-state index contributed by atoms with van der Waals surface area (Å²) >= 11 is 0. The molecule has 0 unspecified atom stereocenters. The second-order valence-corrected chi connectivity index (χ2v) is 10.4. The molecule has 0 spiro atoms. The summed E-state index contributed by atoms with van der Waals surface area (Å²) in [7, 11) is -3.55. The number of aromatic nitrogens is 2. The smallest absolute Gasteiger partial charge is 0.294 e. The second-order valence-electron chi connectivity index (χ2n) is 8.51. The number of hydrogen-bond acceptors (Lipinski definition) is 6. The molecule has 0 bridgehead atoms. The molecule has 2 aromatic heterocycles. The lowest BCUT2D eigenvalue weighted by Crippen LogP contribution is -2.31. The Balaban J connectivity index is 1.48. The van der Waals surface area contributed by atoms with Gasteiger partial charge >= 0.3 is 0 Å². The maximum atomic E-state index is 13.2. The van der Waals surface area contributed by atoms with Gasteiger partial charge in [-0.05, 0) is 49.9 Å². The van der Waals surface area contributed by atoms with Crippen LogP contribution in [0.5, 0.6) is 0 Å². The summed E-state index contributed by atoms with van der Waals surface area (Å²) in [5.74, 6) is 1.21. The number of hydrogen-bond donors (Lipinski definition) is 0. The standard InChI is InChI=1S/C25H27N3O4S/c1-3-18-8-10-19(11-9-18)24-26-25(32-27-24)23-17(2)21-16-20(12-13-22(21)31-23)33(29,30)28-14-6-4-5-7-15-28/h8-13,16H,3-7,14-15H2,1-2H3. The number of nitrogens with zero attached hydrogens (tertiary/aromatic N) is 3. The first kappa shape index (κ1) is 21.9. The van der Waals surface area contributed by atoms with Crippen molar-refractivity contribution in [3.63, 3.8) is 0 Å². The molecule has 1 saturated heterocycles. The summed E-state index contributed by atoms with van der Waals surface area (Å²) in [5.41, 5.74) is 3.46. The molecule has 2 aromatic carbocycles. The normalized spacial score (nSPS) is 15.7. The second kappa shape index (κ2) is 8.76. The van der Waals surface area contributed by atoms with Crippen LogP contribution in [0, 0.1) is 6.92 Å². The van der Waals surface area contributed by atoms with Crippen molar-refractivity contribution >= 4 is 21.0 Å². The van der Waals surface area contributed by atoms with Gasteiger partial charge in [-0.3, -0.25) is 0 Å². The Morgan fingerprint density at radius 3 is 2.42 bits per heavy atom. The highest BCUT2D eigenvalue weighted by molar-refractivity contribution is 7.89. The third-order valence-corrected chi connectivity index (χ3v) is 8.25. The average Bonchev–Trinajstić information content (AvgIpc) is 3.33. The van der Waals surface area contributed by atoms with Crippen LogP contribution in [0.15, 0.2) is 56.3 Å². The Labute approximate surface area is 193 Å². The highest BCUT2D eigenvalue weighted by Gasteiger charge is 2.27. The topological polar surface area (TPSA) is 89.4 Å². The minimum atomic E-state index is -3.55. The van der Waals surface area contributed by atoms with Crippen LogP contribution in [0.3, 0.4) is 0 Å². The molecule has 0 radical (unpaired) electrons. The van der Waals surface area contributed by atoms with Crippen molar-refractivity contribution < 1.29 is 17.4 Å². The van der Waals surface area contributed by atoms with Gasteiger partial charge in [0.1, 0.15) is 5.58 Å². The molecule has 0 saturated carbocycles. The number of rotatable bonds is 5. The van der Waals surface area contributed by atoms with E-state index in [9.17, 15) is 8.42 Å². The summed E-state index contributed by atoms with van der Waals surface area (Å²) in [5, 5.41) is 4.84. The first-order valence-electron chi connectivity index (χ1n) is 11.4. The van der Waals surface area contributed by atoms with E-state index >= 15 is 0 Å². The fourth-order valence-corrected chi connectivity index (χ4v) is 5.86. The molecule has 4 aromatic rings. The number of fused-ring (bicyclic) bond motifs is 1. The van der Waals surface area contributed by atoms with Gasteiger partial charge in [0, 0.05) is 29.6 Å². The van der Waals surface area contributed by atoms with E-state index in [4.69, 9.17) is 8.94 Å². The van der Waals surface area contributed by atoms with Gasteiger partial charge < -0.3 is 8.94 Å². The number of furan rings is 1. The van der Waals surface area contributed by atoms with Gasteiger partial charge in [-0.25, -0.2) is 8.42 Å². The summed E-state index contributed by atoms with van der Waals surface area (Å²) < 4.78 is 39.6. The van der Waals surface area contributed by atoms with Gasteiger partial charge in [0.25, 0.3) is 5.89 Å². The van der Waals surface area contributed by atoms with Crippen LogP contribution >= 0.6 is 0 Å². The first-order chi connectivity index (χ1) is 16.0. The van der Waals surface area contributed by atoms with E-state index in [1.54, 1.807) is 22.5 Å². The average molecular weight is 466 g/mol. The molecule has 1 aliphatic heterocycles. The van der Waals surface area contributed by atoms with Crippen LogP contribution in [-0.4, -0.2) is 36.0 Å². The van der Waals surface area contributed by atoms with Gasteiger partial charge in [-0.2, -0.15) is 9.29 Å². The largest absolute Gasteiger partial charge is 0.451 e. The SMILES string of the molecule is CCc1ccc(-c2noc(-c3oc4ccc(S(=O)(=O)N5CCCCCC5)cc4c3C)n2)cc1. The van der Waals surface area contributed by atoms with Crippen molar-refractivity contribution in [2.45, 2.75) is 50.8 Å². The molecule has 7 nitrogen and oxygen atoms in total. The van der Waals surface area contributed by atoms with Crippen LogP contribution < -0.4 is 0 Å². The Morgan fingerprint density at radius 2 is 1.73 bits per heavy atom. The fraction of sp³-hybridized carbons (Fsp3) is 0.360. The lowest BCUT2D eigenvalue weighted by atomic mass is 10.1. The van der Waals surface area contributed by atoms with Crippen LogP contribution in [0.4, 0.5) is 0 Å². The lowest BCUT2D eigenvalue weighted by Gasteiger charge is -2.19. The zero-order valence-corrected chi connectivity index (χ0v) is 19.7. The zero-order chi connectivity index (χ0) is 23.0. The van der Waals surface area contributed by atoms with Crippen LogP contribution in [0.1, 0.15) is 43.7 Å². The summed E-state index contributed by atoms with van der Waals surface area (Å²) in [6, 6.07) is 13.0. The molecule has 8 heteroatoms. The van der Waals surface area contributed by atoms with Gasteiger partial charge in [0.2, 0.25) is 15.8 Å². The van der Waals surface area contributed by atoms with E-state index in [1.165, 1.54) is 5.56 Å². The first-order valence-corrected chi connectivity index (χ1v) is 12.9.